The fourth-order valence-electron chi connectivity index (χ4n) is 2.77. The number of ether oxygens (including phenoxy) is 1. The van der Waals surface area contributed by atoms with E-state index in [4.69, 9.17) is 33.0 Å². The molecule has 122 valence electrons. The molecule has 0 aliphatic carbocycles. The predicted octanol–water partition coefficient (Wildman–Crippen LogP) is 3.11. The monoisotopic (exact) mass is 372 g/mol. The highest BCUT2D eigenvalue weighted by Gasteiger charge is 2.29. The highest BCUT2D eigenvalue weighted by molar-refractivity contribution is 7.98. The van der Waals surface area contributed by atoms with Crippen LogP contribution in [0, 0.1) is 0 Å². The molecule has 2 heterocycles. The predicted molar refractivity (Wildman–Crippen MR) is 91.4 cm³/mol. The zero-order chi connectivity index (χ0) is 16.7. The summed E-state index contributed by atoms with van der Waals surface area (Å²) in [6.45, 7) is 0.322. The van der Waals surface area contributed by atoms with Crippen molar-refractivity contribution in [2.24, 2.45) is 0 Å². The van der Waals surface area contributed by atoms with E-state index < -0.39 is 6.61 Å². The third kappa shape index (κ3) is 2.63. The van der Waals surface area contributed by atoms with Crippen molar-refractivity contribution in [3.05, 3.63) is 27.2 Å². The van der Waals surface area contributed by atoms with Gasteiger partial charge in [-0.2, -0.15) is 0 Å². The lowest BCUT2D eigenvalue weighted by molar-refractivity contribution is -0.134. The lowest BCUT2D eigenvalue weighted by Gasteiger charge is -2.13. The molecule has 1 amide bonds. The van der Waals surface area contributed by atoms with Gasteiger partial charge in [-0.3, -0.25) is 4.79 Å². The van der Waals surface area contributed by atoms with E-state index in [0.717, 1.165) is 21.5 Å². The molecule has 5 nitrogen and oxygen atoms in total. The van der Waals surface area contributed by atoms with E-state index in [1.807, 2.05) is 6.26 Å². The molecular formula is C15H14Cl2N2O3S. The van der Waals surface area contributed by atoms with Crippen molar-refractivity contribution >= 4 is 51.8 Å². The summed E-state index contributed by atoms with van der Waals surface area (Å²) in [5.74, 6) is 0.158. The van der Waals surface area contributed by atoms with E-state index >= 15 is 0 Å². The Bertz CT molecular complexity index is 813. The molecule has 8 heteroatoms. The van der Waals surface area contributed by atoms with E-state index in [0.29, 0.717) is 34.4 Å². The number of aliphatic hydroxyl groups is 1. The Morgan fingerprint density at radius 1 is 1.39 bits per heavy atom. The summed E-state index contributed by atoms with van der Waals surface area (Å²) in [6.07, 6.45) is 1.92. The molecule has 0 spiro atoms. The Kier molecular flexibility index (Phi) is 4.60. The normalized spacial score (nSPS) is 13.5. The van der Waals surface area contributed by atoms with Crippen LogP contribution in [-0.2, 0) is 17.9 Å². The molecule has 1 aromatic carbocycles. The maximum atomic E-state index is 11.8. The van der Waals surface area contributed by atoms with Gasteiger partial charge in [-0.1, -0.05) is 23.2 Å². The van der Waals surface area contributed by atoms with Crippen LogP contribution >= 0.6 is 35.0 Å². The summed E-state index contributed by atoms with van der Waals surface area (Å²) in [4.78, 5) is 18.0. The smallest absolute Gasteiger partial charge is 0.248 e. The van der Waals surface area contributed by atoms with Crippen LogP contribution in [0.2, 0.25) is 10.0 Å². The molecule has 0 saturated heterocycles. The van der Waals surface area contributed by atoms with Crippen LogP contribution in [0.5, 0.6) is 5.75 Å². The fourth-order valence-corrected chi connectivity index (χ4v) is 3.84. The van der Waals surface area contributed by atoms with E-state index in [2.05, 4.69) is 4.98 Å². The number of benzene rings is 1. The second-order valence-electron chi connectivity index (χ2n) is 5.09. The topological polar surface area (TPSA) is 62.7 Å². The number of pyridine rings is 1. The molecule has 0 unspecified atom stereocenters. The Labute approximate surface area is 147 Å². The minimum absolute atomic E-state index is 0.312. The van der Waals surface area contributed by atoms with Crippen LogP contribution in [0.1, 0.15) is 11.1 Å². The number of aliphatic hydroxyl groups excluding tert-OH is 1. The van der Waals surface area contributed by atoms with Crippen molar-refractivity contribution in [1.82, 2.24) is 9.88 Å². The summed E-state index contributed by atoms with van der Waals surface area (Å²) < 4.78 is 5.28. The highest BCUT2D eigenvalue weighted by Crippen LogP contribution is 2.43. The maximum Gasteiger partial charge on any atom is 0.248 e. The molecule has 0 radical (unpaired) electrons. The van der Waals surface area contributed by atoms with Gasteiger partial charge in [0.25, 0.3) is 0 Å². The van der Waals surface area contributed by atoms with Gasteiger partial charge in [0, 0.05) is 24.0 Å². The number of carbonyl (C=O) groups excluding carboxylic acids is 1. The zero-order valence-electron chi connectivity index (χ0n) is 12.5. The Hall–Kier alpha value is -1.21. The van der Waals surface area contributed by atoms with Gasteiger partial charge in [0.1, 0.15) is 22.4 Å². The number of halogens is 2. The molecule has 3 rings (SSSR count). The van der Waals surface area contributed by atoms with Gasteiger partial charge in [-0.15, -0.1) is 11.8 Å². The SMILES string of the molecule is COc1cc2c3c(c(SC)nc2c(Cl)c1Cl)CN(C(=O)CO)C3. The molecule has 0 atom stereocenters. The van der Waals surface area contributed by atoms with Gasteiger partial charge in [-0.25, -0.2) is 4.98 Å². The first-order valence-electron chi connectivity index (χ1n) is 6.81. The molecule has 23 heavy (non-hydrogen) atoms. The van der Waals surface area contributed by atoms with Crippen molar-refractivity contribution in [3.8, 4) is 5.75 Å². The second-order valence-corrected chi connectivity index (χ2v) is 6.64. The van der Waals surface area contributed by atoms with Crippen molar-refractivity contribution in [3.63, 3.8) is 0 Å². The molecule has 1 aliphatic heterocycles. The third-order valence-corrected chi connectivity index (χ3v) is 5.47. The number of hydrogen-bond donors (Lipinski definition) is 1. The van der Waals surface area contributed by atoms with Gasteiger partial charge < -0.3 is 14.7 Å². The minimum Gasteiger partial charge on any atom is -0.495 e. The molecular weight excluding hydrogens is 359 g/mol. The number of aromatic nitrogens is 1. The van der Waals surface area contributed by atoms with Gasteiger partial charge in [0.05, 0.1) is 17.6 Å². The molecule has 1 N–H and O–H groups in total. The average Bonchev–Trinajstić information content (AvgIpc) is 3.02. The summed E-state index contributed by atoms with van der Waals surface area (Å²) in [5.41, 5.74) is 2.55. The third-order valence-electron chi connectivity index (χ3n) is 3.91. The first kappa shape index (κ1) is 16.6. The summed E-state index contributed by atoms with van der Waals surface area (Å²) in [7, 11) is 1.52. The van der Waals surface area contributed by atoms with Gasteiger partial charge in [-0.05, 0) is 17.9 Å². The number of amides is 1. The lowest BCUT2D eigenvalue weighted by Crippen LogP contribution is -2.27. The lowest BCUT2D eigenvalue weighted by atomic mass is 10.1. The summed E-state index contributed by atoms with van der Waals surface area (Å²) in [5, 5.41) is 11.4. The minimum atomic E-state index is -0.510. The average molecular weight is 373 g/mol. The molecule has 0 fully saturated rings. The summed E-state index contributed by atoms with van der Waals surface area (Å²) >= 11 is 14.1. The number of hydrogen-bond acceptors (Lipinski definition) is 5. The zero-order valence-corrected chi connectivity index (χ0v) is 14.8. The number of rotatable bonds is 3. The van der Waals surface area contributed by atoms with Crippen molar-refractivity contribution < 1.29 is 14.6 Å². The Morgan fingerprint density at radius 2 is 2.09 bits per heavy atom. The number of carbonyl (C=O) groups is 1. The molecule has 2 aromatic rings. The molecule has 1 aromatic heterocycles. The van der Waals surface area contributed by atoms with Gasteiger partial charge in [0.15, 0.2) is 0 Å². The molecule has 0 bridgehead atoms. The number of methoxy groups -OCH3 is 1. The Morgan fingerprint density at radius 3 is 2.70 bits per heavy atom. The number of fused-ring (bicyclic) bond motifs is 3. The number of thioether (sulfide) groups is 1. The van der Waals surface area contributed by atoms with Crippen LogP contribution in [0.25, 0.3) is 10.9 Å². The van der Waals surface area contributed by atoms with Gasteiger partial charge in [0.2, 0.25) is 5.91 Å². The van der Waals surface area contributed by atoms with Crippen LogP contribution < -0.4 is 4.74 Å². The van der Waals surface area contributed by atoms with Crippen LogP contribution in [0.4, 0.5) is 0 Å². The van der Waals surface area contributed by atoms with Gasteiger partial charge >= 0.3 is 0 Å². The van der Waals surface area contributed by atoms with E-state index in [1.54, 1.807) is 11.0 Å². The molecule has 1 aliphatic rings. The van der Waals surface area contributed by atoms with Crippen molar-refractivity contribution in [2.45, 2.75) is 18.1 Å². The first-order chi connectivity index (χ1) is 11.0. The standard InChI is InChI=1S/C15H14Cl2N2O3S/c1-22-10-3-7-8-4-19(11(21)6-20)5-9(8)15(23-2)18-14(7)13(17)12(10)16/h3,20H,4-6H2,1-2H3. The van der Waals surface area contributed by atoms with E-state index in [9.17, 15) is 4.79 Å². The fraction of sp³-hybridized carbons (Fsp3) is 0.333. The van der Waals surface area contributed by atoms with Crippen LogP contribution in [-0.4, -0.2) is 40.9 Å². The van der Waals surface area contributed by atoms with Crippen LogP contribution in [0.15, 0.2) is 11.1 Å². The maximum absolute atomic E-state index is 11.8. The Balaban J connectivity index is 2.27. The second kappa shape index (κ2) is 6.36. The van der Waals surface area contributed by atoms with Crippen molar-refractivity contribution in [1.29, 1.82) is 0 Å². The van der Waals surface area contributed by atoms with Crippen molar-refractivity contribution in [2.75, 3.05) is 20.0 Å². The largest absolute Gasteiger partial charge is 0.495 e. The van der Waals surface area contributed by atoms with E-state index in [-0.39, 0.29) is 5.91 Å². The first-order valence-corrected chi connectivity index (χ1v) is 8.80. The molecule has 0 saturated carbocycles. The van der Waals surface area contributed by atoms with Crippen LogP contribution in [0.3, 0.4) is 0 Å². The number of nitrogens with zero attached hydrogens (tertiary/aromatic N) is 2. The highest BCUT2D eigenvalue weighted by atomic mass is 35.5. The van der Waals surface area contributed by atoms with E-state index in [1.165, 1.54) is 18.9 Å². The quantitative estimate of drug-likeness (QED) is 0.838. The summed E-state index contributed by atoms with van der Waals surface area (Å²) in [6, 6.07) is 1.80.